The predicted molar refractivity (Wildman–Crippen MR) is 74.0 cm³/mol. The monoisotopic (exact) mass is 363 g/mol. The topological polar surface area (TPSA) is 55.5 Å². The summed E-state index contributed by atoms with van der Waals surface area (Å²) in [6, 6.07) is 3.56. The maximum Gasteiger partial charge on any atom is 0.134 e. The van der Waals surface area contributed by atoms with Gasteiger partial charge in [-0.15, -0.1) is 0 Å². The molecular formula is C12H15Br2NO2. The van der Waals surface area contributed by atoms with Gasteiger partial charge in [-0.1, -0.05) is 15.9 Å². The number of hydrogen-bond donors (Lipinski definition) is 2. The zero-order chi connectivity index (χ0) is 12.4. The van der Waals surface area contributed by atoms with Crippen LogP contribution in [0.3, 0.4) is 0 Å². The Labute approximate surface area is 118 Å². The van der Waals surface area contributed by atoms with Gasteiger partial charge in [0.2, 0.25) is 0 Å². The van der Waals surface area contributed by atoms with Gasteiger partial charge in [0, 0.05) is 29.3 Å². The van der Waals surface area contributed by atoms with Crippen LogP contribution in [0, 0.1) is 5.92 Å². The van der Waals surface area contributed by atoms with Gasteiger partial charge in [0.05, 0.1) is 4.47 Å². The molecule has 17 heavy (non-hydrogen) atoms. The van der Waals surface area contributed by atoms with E-state index in [-0.39, 0.29) is 11.8 Å². The zero-order valence-corrected chi connectivity index (χ0v) is 12.5. The maximum absolute atomic E-state index is 10.0. The molecule has 1 aromatic rings. The van der Waals surface area contributed by atoms with Gasteiger partial charge in [0.1, 0.15) is 5.75 Å². The Kier molecular flexibility index (Phi) is 4.47. The van der Waals surface area contributed by atoms with Crippen molar-refractivity contribution in [3.8, 4) is 5.75 Å². The fourth-order valence-electron chi connectivity index (χ4n) is 2.17. The molecule has 1 atom stereocenters. The van der Waals surface area contributed by atoms with Gasteiger partial charge in [-0.25, -0.2) is 0 Å². The van der Waals surface area contributed by atoms with E-state index < -0.39 is 0 Å². The van der Waals surface area contributed by atoms with Gasteiger partial charge in [-0.2, -0.15) is 0 Å². The van der Waals surface area contributed by atoms with Crippen molar-refractivity contribution in [1.29, 1.82) is 0 Å². The Bertz CT molecular complexity index is 406. The number of phenolic OH excluding ortho intramolecular Hbond substituents is 1. The summed E-state index contributed by atoms with van der Waals surface area (Å²) < 4.78 is 6.91. The third-order valence-corrected chi connectivity index (χ3v) is 4.25. The van der Waals surface area contributed by atoms with Gasteiger partial charge in [-0.05, 0) is 46.8 Å². The van der Waals surface area contributed by atoms with Crippen molar-refractivity contribution in [2.75, 3.05) is 13.2 Å². The van der Waals surface area contributed by atoms with Crippen molar-refractivity contribution in [3.05, 3.63) is 26.6 Å². The number of ether oxygens (including phenoxy) is 1. The van der Waals surface area contributed by atoms with Gasteiger partial charge in [0.15, 0.2) is 0 Å². The lowest BCUT2D eigenvalue weighted by molar-refractivity contribution is 0.0581. The van der Waals surface area contributed by atoms with Crippen molar-refractivity contribution in [3.63, 3.8) is 0 Å². The van der Waals surface area contributed by atoms with Crippen LogP contribution in [0.25, 0.3) is 0 Å². The molecule has 1 aromatic carbocycles. The van der Waals surface area contributed by atoms with E-state index in [9.17, 15) is 5.11 Å². The van der Waals surface area contributed by atoms with Crippen LogP contribution in [0.15, 0.2) is 21.1 Å². The summed E-state index contributed by atoms with van der Waals surface area (Å²) >= 11 is 6.75. The lowest BCUT2D eigenvalue weighted by Gasteiger charge is -2.28. The van der Waals surface area contributed by atoms with Crippen molar-refractivity contribution in [2.24, 2.45) is 11.7 Å². The highest BCUT2D eigenvalue weighted by Crippen LogP contribution is 2.38. The van der Waals surface area contributed by atoms with E-state index in [4.69, 9.17) is 10.5 Å². The minimum absolute atomic E-state index is 0.146. The fourth-order valence-corrected chi connectivity index (χ4v) is 3.43. The Morgan fingerprint density at radius 1 is 1.29 bits per heavy atom. The molecular weight excluding hydrogens is 350 g/mol. The summed E-state index contributed by atoms with van der Waals surface area (Å²) in [4.78, 5) is 0. The number of nitrogens with two attached hydrogens (primary N) is 1. The molecule has 0 bridgehead atoms. The fraction of sp³-hybridized carbons (Fsp3) is 0.500. The molecule has 0 aliphatic carbocycles. The Balaban J connectivity index is 2.26. The highest BCUT2D eigenvalue weighted by atomic mass is 79.9. The first kappa shape index (κ1) is 13.3. The molecule has 1 aliphatic rings. The van der Waals surface area contributed by atoms with E-state index in [1.54, 1.807) is 0 Å². The standard InChI is InChI=1S/C12H15Br2NO2/c13-8-5-9(12(16)10(14)6-8)11(15)7-1-3-17-4-2-7/h5-7,11,16H,1-4,15H2/t11-/m1/s1. The van der Waals surface area contributed by atoms with E-state index in [0.717, 1.165) is 36.1 Å². The van der Waals surface area contributed by atoms with Crippen LogP contribution in [-0.2, 0) is 4.74 Å². The molecule has 3 N–H and O–H groups in total. The van der Waals surface area contributed by atoms with E-state index >= 15 is 0 Å². The molecule has 0 saturated carbocycles. The highest BCUT2D eigenvalue weighted by Gasteiger charge is 2.25. The van der Waals surface area contributed by atoms with E-state index in [1.165, 1.54) is 0 Å². The molecule has 5 heteroatoms. The van der Waals surface area contributed by atoms with E-state index in [1.807, 2.05) is 12.1 Å². The van der Waals surface area contributed by atoms with Crippen LogP contribution in [0.2, 0.25) is 0 Å². The van der Waals surface area contributed by atoms with Crippen molar-refractivity contribution in [2.45, 2.75) is 18.9 Å². The normalized spacial score (nSPS) is 19.2. The summed E-state index contributed by atoms with van der Waals surface area (Å²) in [5, 5.41) is 10.0. The molecule has 1 saturated heterocycles. The molecule has 0 amide bonds. The highest BCUT2D eigenvalue weighted by molar-refractivity contribution is 9.11. The summed E-state index contributed by atoms with van der Waals surface area (Å²) in [6.07, 6.45) is 1.90. The van der Waals surface area contributed by atoms with Gasteiger partial charge >= 0.3 is 0 Å². The quantitative estimate of drug-likeness (QED) is 0.846. The summed E-state index contributed by atoms with van der Waals surface area (Å²) in [5.74, 6) is 0.614. The Morgan fingerprint density at radius 3 is 2.59 bits per heavy atom. The number of hydrogen-bond acceptors (Lipinski definition) is 3. The minimum atomic E-state index is -0.146. The first-order valence-corrected chi connectivity index (χ1v) is 7.19. The van der Waals surface area contributed by atoms with Gasteiger partial charge < -0.3 is 15.6 Å². The first-order valence-electron chi connectivity index (χ1n) is 5.61. The zero-order valence-electron chi connectivity index (χ0n) is 9.33. The number of phenols is 1. The second kappa shape index (κ2) is 5.69. The largest absolute Gasteiger partial charge is 0.506 e. The number of rotatable bonds is 2. The predicted octanol–water partition coefficient (Wildman–Crippen LogP) is 3.34. The van der Waals surface area contributed by atoms with Gasteiger partial charge in [-0.3, -0.25) is 0 Å². The summed E-state index contributed by atoms with van der Waals surface area (Å²) in [7, 11) is 0. The SMILES string of the molecule is N[C@@H](c1cc(Br)cc(Br)c1O)C1CCOCC1. The lowest BCUT2D eigenvalue weighted by Crippen LogP contribution is -2.27. The molecule has 3 nitrogen and oxygen atoms in total. The molecule has 94 valence electrons. The van der Waals surface area contributed by atoms with Crippen LogP contribution in [-0.4, -0.2) is 18.3 Å². The molecule has 2 rings (SSSR count). The minimum Gasteiger partial charge on any atom is -0.506 e. The Hall–Kier alpha value is -0.100. The number of halogens is 2. The van der Waals surface area contributed by atoms with Crippen LogP contribution in [0.4, 0.5) is 0 Å². The molecule has 0 radical (unpaired) electrons. The molecule has 0 aromatic heterocycles. The van der Waals surface area contributed by atoms with Crippen LogP contribution in [0.5, 0.6) is 5.75 Å². The third kappa shape index (κ3) is 3.02. The van der Waals surface area contributed by atoms with Crippen molar-refractivity contribution >= 4 is 31.9 Å². The van der Waals surface area contributed by atoms with Crippen LogP contribution >= 0.6 is 31.9 Å². The average Bonchev–Trinajstić information content (AvgIpc) is 2.34. The third-order valence-electron chi connectivity index (χ3n) is 3.19. The maximum atomic E-state index is 10.0. The van der Waals surface area contributed by atoms with E-state index in [2.05, 4.69) is 31.9 Å². The molecule has 1 heterocycles. The van der Waals surface area contributed by atoms with Crippen molar-refractivity contribution in [1.82, 2.24) is 0 Å². The molecule has 1 aliphatic heterocycles. The molecule has 0 unspecified atom stereocenters. The molecule has 0 spiro atoms. The van der Waals surface area contributed by atoms with Crippen LogP contribution in [0.1, 0.15) is 24.4 Å². The second-order valence-corrected chi connectivity index (χ2v) is 6.07. The smallest absolute Gasteiger partial charge is 0.134 e. The Morgan fingerprint density at radius 2 is 1.94 bits per heavy atom. The molecule has 1 fully saturated rings. The van der Waals surface area contributed by atoms with Crippen molar-refractivity contribution < 1.29 is 9.84 Å². The lowest BCUT2D eigenvalue weighted by atomic mass is 9.87. The number of aromatic hydroxyl groups is 1. The van der Waals surface area contributed by atoms with E-state index in [0.29, 0.717) is 10.4 Å². The van der Waals surface area contributed by atoms with Gasteiger partial charge in [0.25, 0.3) is 0 Å². The average molecular weight is 365 g/mol. The summed E-state index contributed by atoms with van der Waals surface area (Å²) in [6.45, 7) is 1.52. The number of benzene rings is 1. The van der Waals surface area contributed by atoms with Crippen LogP contribution < -0.4 is 5.73 Å². The summed E-state index contributed by atoms with van der Waals surface area (Å²) in [5.41, 5.74) is 7.04. The first-order chi connectivity index (χ1) is 8.09. The second-order valence-electron chi connectivity index (χ2n) is 4.30.